The normalized spacial score (nSPS) is 13.8. The first-order valence-electron chi connectivity index (χ1n) is 7.71. The fourth-order valence-corrected chi connectivity index (χ4v) is 2.73. The Kier molecular flexibility index (Phi) is 4.57. The predicted octanol–water partition coefficient (Wildman–Crippen LogP) is 3.62. The Balaban J connectivity index is 1.81. The van der Waals surface area contributed by atoms with Crippen LogP contribution in [0.3, 0.4) is 0 Å². The number of nitrogens with zero attached hydrogens (tertiary/aromatic N) is 2. The lowest BCUT2D eigenvalue weighted by atomic mass is 10.0. The van der Waals surface area contributed by atoms with Crippen molar-refractivity contribution in [3.8, 4) is 6.07 Å². The lowest BCUT2D eigenvalue weighted by molar-refractivity contribution is -0.114. The monoisotopic (exact) mass is 321 g/mol. The molecular weight excluding hydrogens is 305 g/mol. The zero-order valence-corrected chi connectivity index (χ0v) is 13.0. The maximum atomic E-state index is 12.9. The first-order valence-corrected chi connectivity index (χ1v) is 7.71. The molecule has 0 saturated carbocycles. The molecule has 0 unspecified atom stereocenters. The van der Waals surface area contributed by atoms with E-state index in [1.165, 1.54) is 18.3 Å². The Morgan fingerprint density at radius 2 is 1.96 bits per heavy atom. The van der Waals surface area contributed by atoms with Crippen LogP contribution in [0.5, 0.6) is 0 Å². The number of aryl methyl sites for hydroxylation is 1. The molecule has 0 aromatic heterocycles. The molecule has 4 nitrogen and oxygen atoms in total. The number of carbonyl (C=O) groups excluding carboxylic acids is 1. The van der Waals surface area contributed by atoms with Gasteiger partial charge in [-0.15, -0.1) is 0 Å². The summed E-state index contributed by atoms with van der Waals surface area (Å²) in [6.07, 6.45) is 3.17. The number of nitriles is 1. The fraction of sp³-hybridized carbons (Fsp3) is 0.158. The van der Waals surface area contributed by atoms with E-state index in [1.54, 1.807) is 17.0 Å². The largest absolute Gasteiger partial charge is 0.360 e. The molecule has 1 amide bonds. The number of anilines is 2. The maximum Gasteiger partial charge on any atom is 0.270 e. The molecule has 0 saturated heterocycles. The number of hydrogen-bond acceptors (Lipinski definition) is 3. The van der Waals surface area contributed by atoms with E-state index in [-0.39, 0.29) is 17.3 Å². The van der Waals surface area contributed by atoms with Crippen molar-refractivity contribution in [3.63, 3.8) is 0 Å². The van der Waals surface area contributed by atoms with Gasteiger partial charge in [0.05, 0.1) is 0 Å². The first kappa shape index (κ1) is 15.8. The molecule has 3 rings (SSSR count). The van der Waals surface area contributed by atoms with Crippen molar-refractivity contribution in [1.29, 1.82) is 5.26 Å². The fourth-order valence-electron chi connectivity index (χ4n) is 2.73. The third-order valence-electron chi connectivity index (χ3n) is 3.93. The summed E-state index contributed by atoms with van der Waals surface area (Å²) in [7, 11) is 0. The molecule has 1 aliphatic rings. The summed E-state index contributed by atoms with van der Waals surface area (Å²) >= 11 is 0. The first-order chi connectivity index (χ1) is 11.7. The number of rotatable bonds is 3. The zero-order chi connectivity index (χ0) is 16.9. The molecule has 120 valence electrons. The van der Waals surface area contributed by atoms with Gasteiger partial charge in [0.15, 0.2) is 0 Å². The smallest absolute Gasteiger partial charge is 0.270 e. The van der Waals surface area contributed by atoms with E-state index in [2.05, 4.69) is 5.32 Å². The van der Waals surface area contributed by atoms with Gasteiger partial charge < -0.3 is 10.2 Å². The van der Waals surface area contributed by atoms with Crippen LogP contribution in [0.15, 0.2) is 60.3 Å². The van der Waals surface area contributed by atoms with Crippen LogP contribution in [-0.4, -0.2) is 12.5 Å². The second-order valence-electron chi connectivity index (χ2n) is 5.51. The second kappa shape index (κ2) is 6.97. The van der Waals surface area contributed by atoms with E-state index in [9.17, 15) is 14.4 Å². The predicted molar refractivity (Wildman–Crippen MR) is 90.8 cm³/mol. The van der Waals surface area contributed by atoms with Crippen LogP contribution >= 0.6 is 0 Å². The van der Waals surface area contributed by atoms with Crippen LogP contribution in [0, 0.1) is 17.1 Å². The molecule has 1 N–H and O–H groups in total. The number of fused-ring (bicyclic) bond motifs is 1. The third kappa shape index (κ3) is 3.28. The van der Waals surface area contributed by atoms with Crippen LogP contribution < -0.4 is 10.2 Å². The summed E-state index contributed by atoms with van der Waals surface area (Å²) in [5.41, 5.74) is 2.59. The summed E-state index contributed by atoms with van der Waals surface area (Å²) < 4.78 is 12.9. The van der Waals surface area contributed by atoms with E-state index >= 15 is 0 Å². The second-order valence-corrected chi connectivity index (χ2v) is 5.51. The molecule has 0 spiro atoms. The number of nitrogens with one attached hydrogen (secondary N) is 1. The summed E-state index contributed by atoms with van der Waals surface area (Å²) in [5.74, 6) is -0.676. The topological polar surface area (TPSA) is 56.1 Å². The Hall–Kier alpha value is -3.13. The van der Waals surface area contributed by atoms with Crippen molar-refractivity contribution in [2.75, 3.05) is 16.8 Å². The molecule has 5 heteroatoms. The van der Waals surface area contributed by atoms with Crippen molar-refractivity contribution in [3.05, 3.63) is 71.7 Å². The minimum atomic E-state index is -0.342. The van der Waals surface area contributed by atoms with Crippen molar-refractivity contribution in [1.82, 2.24) is 0 Å². The number of benzene rings is 2. The van der Waals surface area contributed by atoms with Gasteiger partial charge in [0.25, 0.3) is 5.91 Å². The van der Waals surface area contributed by atoms with Crippen LogP contribution in [0.4, 0.5) is 15.8 Å². The van der Waals surface area contributed by atoms with Gasteiger partial charge in [-0.1, -0.05) is 18.2 Å². The number of carbonyl (C=O) groups is 1. The highest BCUT2D eigenvalue weighted by molar-refractivity contribution is 6.09. The molecule has 1 aliphatic heterocycles. The van der Waals surface area contributed by atoms with Gasteiger partial charge in [-0.2, -0.15) is 5.26 Å². The van der Waals surface area contributed by atoms with Crippen LogP contribution in [-0.2, 0) is 11.2 Å². The van der Waals surface area contributed by atoms with Crippen LogP contribution in [0.25, 0.3) is 0 Å². The van der Waals surface area contributed by atoms with E-state index in [0.717, 1.165) is 24.1 Å². The van der Waals surface area contributed by atoms with Gasteiger partial charge in [0, 0.05) is 24.1 Å². The van der Waals surface area contributed by atoms with E-state index < -0.39 is 0 Å². The molecule has 1 heterocycles. The molecule has 0 radical (unpaired) electrons. The van der Waals surface area contributed by atoms with Gasteiger partial charge in [0.2, 0.25) is 0 Å². The van der Waals surface area contributed by atoms with Crippen LogP contribution in [0.1, 0.15) is 12.0 Å². The van der Waals surface area contributed by atoms with Gasteiger partial charge in [-0.3, -0.25) is 4.79 Å². The Morgan fingerprint density at radius 3 is 2.71 bits per heavy atom. The number of halogens is 1. The van der Waals surface area contributed by atoms with E-state index in [4.69, 9.17) is 0 Å². The highest BCUT2D eigenvalue weighted by Gasteiger charge is 2.24. The van der Waals surface area contributed by atoms with Crippen molar-refractivity contribution in [2.45, 2.75) is 12.8 Å². The average molecular weight is 321 g/mol. The minimum Gasteiger partial charge on any atom is -0.360 e. The van der Waals surface area contributed by atoms with Crippen molar-refractivity contribution in [2.24, 2.45) is 0 Å². The standard InChI is InChI=1S/C19H16FN3O/c20-16-7-9-17(10-8-16)22-13-15(12-21)19(24)23-11-3-5-14-4-1-2-6-18(14)23/h1-2,4,6-10,13,22H,3,5,11H2/b15-13-. The number of hydrogen-bond donors (Lipinski definition) is 1. The molecular formula is C19H16FN3O. The molecule has 2 aromatic rings. The summed E-state index contributed by atoms with van der Waals surface area (Å²) in [5, 5.41) is 12.2. The highest BCUT2D eigenvalue weighted by Crippen LogP contribution is 2.27. The van der Waals surface area contributed by atoms with Crippen molar-refractivity contribution < 1.29 is 9.18 Å². The molecule has 24 heavy (non-hydrogen) atoms. The summed E-state index contributed by atoms with van der Waals surface area (Å²) in [6, 6.07) is 15.4. The van der Waals surface area contributed by atoms with Gasteiger partial charge in [0.1, 0.15) is 17.5 Å². The Morgan fingerprint density at radius 1 is 1.21 bits per heavy atom. The van der Waals surface area contributed by atoms with Gasteiger partial charge in [-0.25, -0.2) is 4.39 Å². The molecule has 0 aliphatic carbocycles. The van der Waals surface area contributed by atoms with Gasteiger partial charge in [-0.05, 0) is 48.7 Å². The lowest BCUT2D eigenvalue weighted by Crippen LogP contribution is -2.36. The lowest BCUT2D eigenvalue weighted by Gasteiger charge is -2.29. The Labute approximate surface area is 139 Å². The van der Waals surface area contributed by atoms with E-state index in [1.807, 2.05) is 30.3 Å². The molecule has 0 bridgehead atoms. The quantitative estimate of drug-likeness (QED) is 0.694. The van der Waals surface area contributed by atoms with Crippen LogP contribution in [0.2, 0.25) is 0 Å². The number of para-hydroxylation sites is 1. The number of amides is 1. The highest BCUT2D eigenvalue weighted by atomic mass is 19.1. The summed E-state index contributed by atoms with van der Waals surface area (Å²) in [6.45, 7) is 0.589. The molecule has 2 aromatic carbocycles. The SMILES string of the molecule is N#C/C(=C/Nc1ccc(F)cc1)C(=O)N1CCCc2ccccc21. The molecule has 0 fully saturated rings. The average Bonchev–Trinajstić information content (AvgIpc) is 2.63. The van der Waals surface area contributed by atoms with E-state index in [0.29, 0.717) is 12.2 Å². The molecule has 0 atom stereocenters. The van der Waals surface area contributed by atoms with Crippen molar-refractivity contribution >= 4 is 17.3 Å². The zero-order valence-electron chi connectivity index (χ0n) is 13.0. The minimum absolute atomic E-state index is 0.0102. The summed E-state index contributed by atoms with van der Waals surface area (Å²) in [4.78, 5) is 14.3. The Bertz CT molecular complexity index is 821. The van der Waals surface area contributed by atoms with Gasteiger partial charge >= 0.3 is 0 Å². The maximum absolute atomic E-state index is 12.9. The third-order valence-corrected chi connectivity index (χ3v) is 3.93.